The van der Waals surface area contributed by atoms with Gasteiger partial charge in [-0.25, -0.2) is 19.9 Å². The first-order valence-electron chi connectivity index (χ1n) is 22.6. The molecule has 2 aliphatic rings. The monoisotopic (exact) mass is 942 g/mol. The number of nitrogens with zero attached hydrogens (tertiary/aromatic N) is 8. The Morgan fingerprint density at radius 1 is 0.580 bits per heavy atom. The predicted molar refractivity (Wildman–Crippen MR) is 274 cm³/mol. The largest absolute Gasteiger partial charge is 0.507 e. The third kappa shape index (κ3) is 11.2. The van der Waals surface area contributed by atoms with Gasteiger partial charge >= 0.3 is 0 Å². The van der Waals surface area contributed by atoms with Gasteiger partial charge in [0.05, 0.1) is 11.0 Å². The molecule has 2 aromatic heterocycles. The summed E-state index contributed by atoms with van der Waals surface area (Å²) < 4.78 is 6.06. The number of aromatic nitrogens is 4. The van der Waals surface area contributed by atoms with Gasteiger partial charge in [-0.1, -0.05) is 97.1 Å². The zero-order valence-corrected chi connectivity index (χ0v) is 39.9. The lowest BCUT2D eigenvalue weighted by Gasteiger charge is -2.17. The first kappa shape index (κ1) is 47.8. The van der Waals surface area contributed by atoms with Gasteiger partial charge in [-0.05, 0) is 98.0 Å². The summed E-state index contributed by atoms with van der Waals surface area (Å²) in [5.74, 6) is 1.51. The van der Waals surface area contributed by atoms with Gasteiger partial charge in [-0.15, -0.1) is 11.6 Å². The number of likely N-dealkylation sites (N-methyl/N-ethyl adjacent to an activating group) is 1. The van der Waals surface area contributed by atoms with Gasteiger partial charge in [0, 0.05) is 67.0 Å². The van der Waals surface area contributed by atoms with Crippen molar-refractivity contribution in [3.63, 3.8) is 0 Å². The number of para-hydroxylation sites is 2. The van der Waals surface area contributed by atoms with Crippen molar-refractivity contribution in [3.8, 4) is 33.8 Å². The van der Waals surface area contributed by atoms with E-state index in [1.54, 1.807) is 28.0 Å². The minimum atomic E-state index is -0.185. The molecule has 69 heavy (non-hydrogen) atoms. The molecule has 0 spiro atoms. The second-order valence-electron chi connectivity index (χ2n) is 17.3. The second-order valence-corrected chi connectivity index (χ2v) is 17.7. The average molecular weight is 944 g/mol. The Labute approximate surface area is 406 Å². The number of phenolic OH excluding ortho intramolecular Hbond substituents is 1. The molecule has 2 amide bonds. The van der Waals surface area contributed by atoms with Crippen LogP contribution in [0, 0.1) is 0 Å². The molecule has 14 nitrogen and oxygen atoms in total. The molecule has 15 heteroatoms. The molecule has 6 aromatic carbocycles. The van der Waals surface area contributed by atoms with E-state index in [4.69, 9.17) is 27.8 Å². The fourth-order valence-electron chi connectivity index (χ4n) is 8.26. The Kier molecular flexibility index (Phi) is 14.9. The maximum atomic E-state index is 13.6. The van der Waals surface area contributed by atoms with Crippen molar-refractivity contribution in [3.05, 3.63) is 167 Å². The van der Waals surface area contributed by atoms with Crippen molar-refractivity contribution in [2.24, 2.45) is 0 Å². The van der Waals surface area contributed by atoms with Gasteiger partial charge in [0.15, 0.2) is 0 Å². The highest BCUT2D eigenvalue weighted by Crippen LogP contribution is 2.35. The maximum Gasteiger partial charge on any atom is 0.273 e. The number of anilines is 2. The number of fused-ring (bicyclic) bond motifs is 4. The summed E-state index contributed by atoms with van der Waals surface area (Å²) in [4.78, 5) is 51.9. The lowest BCUT2D eigenvalue weighted by atomic mass is 10.0. The number of aromatic hydroxyl groups is 1. The molecule has 2 aliphatic heterocycles. The van der Waals surface area contributed by atoms with E-state index >= 15 is 0 Å². The van der Waals surface area contributed by atoms with E-state index in [0.29, 0.717) is 65.8 Å². The summed E-state index contributed by atoms with van der Waals surface area (Å²) in [5, 5.41) is 11.5. The molecule has 0 fully saturated rings. The molecule has 0 radical (unpaired) electrons. The Hall–Kier alpha value is -7.65. The number of nitrogen functional groups attached to an aromatic ring is 2. The van der Waals surface area contributed by atoms with E-state index in [1.807, 2.05) is 136 Å². The number of carbonyl (C=O) groups excluding carboxylic acids is 2. The SMILES string of the molecule is CN(C)CCCl.CN(C)CCOc1ccccc1-c1ccc2nc(N)nc(C(=O)N3Cc4ccccc4C3)c2c1.Nc1nc(C(=O)N2Cc3ccccc3C2)c2cc(-c3ccccc3O)ccc2n1. The van der Waals surface area contributed by atoms with Crippen LogP contribution in [0.1, 0.15) is 43.2 Å². The van der Waals surface area contributed by atoms with Crippen molar-refractivity contribution in [1.29, 1.82) is 0 Å². The van der Waals surface area contributed by atoms with Gasteiger partial charge < -0.3 is 40.9 Å². The van der Waals surface area contributed by atoms with Gasteiger partial charge in [-0.3, -0.25) is 9.59 Å². The summed E-state index contributed by atoms with van der Waals surface area (Å²) in [6, 6.07) is 42.4. The van der Waals surface area contributed by atoms with E-state index in [-0.39, 0.29) is 35.2 Å². The minimum absolute atomic E-state index is 0.0628. The predicted octanol–water partition coefficient (Wildman–Crippen LogP) is 8.50. The topological polar surface area (TPSA) is 180 Å². The lowest BCUT2D eigenvalue weighted by molar-refractivity contribution is 0.0741. The molecule has 8 aromatic rings. The number of rotatable bonds is 10. The van der Waals surface area contributed by atoms with Crippen LogP contribution in [0.3, 0.4) is 0 Å². The Morgan fingerprint density at radius 2 is 1.00 bits per heavy atom. The third-order valence-electron chi connectivity index (χ3n) is 11.8. The highest BCUT2D eigenvalue weighted by atomic mass is 35.5. The lowest BCUT2D eigenvalue weighted by Crippen LogP contribution is -2.27. The van der Waals surface area contributed by atoms with Crippen LogP contribution in [0.15, 0.2) is 133 Å². The van der Waals surface area contributed by atoms with Gasteiger partial charge in [-0.2, -0.15) is 0 Å². The number of ether oxygens (including phenoxy) is 1. The fourth-order valence-corrected chi connectivity index (χ4v) is 8.60. The number of hydrogen-bond donors (Lipinski definition) is 3. The molecule has 4 heterocycles. The third-order valence-corrected chi connectivity index (χ3v) is 12.0. The Morgan fingerprint density at radius 3 is 1.43 bits per heavy atom. The minimum Gasteiger partial charge on any atom is -0.507 e. The molecule has 0 aliphatic carbocycles. The van der Waals surface area contributed by atoms with Crippen molar-refractivity contribution in [1.82, 2.24) is 39.5 Å². The zero-order chi connectivity index (χ0) is 48.6. The summed E-state index contributed by atoms with van der Waals surface area (Å²) in [6.45, 7) is 4.57. The van der Waals surface area contributed by atoms with Crippen molar-refractivity contribution < 1.29 is 19.4 Å². The number of nitrogens with two attached hydrogens (primary N) is 2. The molecule has 10 rings (SSSR count). The number of alkyl halides is 1. The Bertz CT molecular complexity index is 3100. The second kappa shape index (κ2) is 21.5. The van der Waals surface area contributed by atoms with E-state index in [9.17, 15) is 14.7 Å². The number of halogens is 1. The fraction of sp³-hybridized carbons (Fsp3) is 0.222. The van der Waals surface area contributed by atoms with Crippen molar-refractivity contribution in [2.45, 2.75) is 26.2 Å². The average Bonchev–Trinajstić information content (AvgIpc) is 3.99. The van der Waals surface area contributed by atoms with Crippen molar-refractivity contribution in [2.75, 3.05) is 65.2 Å². The molecular weight excluding hydrogens is 888 g/mol. The molecule has 0 atom stereocenters. The molecule has 0 unspecified atom stereocenters. The first-order valence-corrected chi connectivity index (χ1v) is 23.1. The standard InChI is InChI=1S/C27H27N5O2.C23H18N4O2.C4H10ClN/c1-31(2)13-14-34-24-10-6-5-9-21(24)18-11-12-23-22(15-18)25(30-27(28)29-23)26(33)32-16-19-7-3-4-8-20(19)17-32;24-23-25-19-10-9-14(17-7-3-4-8-20(17)28)11-18(19)21(26-23)22(29)27-12-15-5-1-2-6-16(15)13-27;1-6(2)4-3-5/h3-12,15H,13-14,16-17H2,1-2H3,(H2,28,29,30);1-11,28H,12-13H2,(H2,24,25,26);3-4H2,1-2H3. The smallest absolute Gasteiger partial charge is 0.273 e. The van der Waals surface area contributed by atoms with Gasteiger partial charge in [0.1, 0.15) is 29.5 Å². The number of amides is 2. The molecular formula is C54H55ClN10O4. The number of phenols is 1. The highest BCUT2D eigenvalue weighted by molar-refractivity contribution is 6.18. The first-order chi connectivity index (χ1) is 33.4. The summed E-state index contributed by atoms with van der Waals surface area (Å²) >= 11 is 5.35. The van der Waals surface area contributed by atoms with Gasteiger partial charge in [0.2, 0.25) is 11.9 Å². The molecule has 0 saturated heterocycles. The van der Waals surface area contributed by atoms with Crippen LogP contribution in [0.5, 0.6) is 11.5 Å². The van der Waals surface area contributed by atoms with Crippen LogP contribution in [0.2, 0.25) is 0 Å². The van der Waals surface area contributed by atoms with Crippen LogP contribution < -0.4 is 16.2 Å². The summed E-state index contributed by atoms with van der Waals surface area (Å²) in [7, 11) is 8.04. The highest BCUT2D eigenvalue weighted by Gasteiger charge is 2.28. The quantitative estimate of drug-likeness (QED) is 0.112. The summed E-state index contributed by atoms with van der Waals surface area (Å²) in [6.07, 6.45) is 0. The van der Waals surface area contributed by atoms with E-state index in [1.165, 1.54) is 0 Å². The van der Waals surface area contributed by atoms with Crippen LogP contribution in [0.25, 0.3) is 44.1 Å². The number of benzene rings is 6. The van der Waals surface area contributed by atoms with Crippen LogP contribution >= 0.6 is 11.6 Å². The molecule has 5 N–H and O–H groups in total. The maximum absolute atomic E-state index is 13.6. The number of carbonyl (C=O) groups is 2. The van der Waals surface area contributed by atoms with Gasteiger partial charge in [0.25, 0.3) is 11.8 Å². The van der Waals surface area contributed by atoms with E-state index in [0.717, 1.165) is 63.7 Å². The Balaban J connectivity index is 0.000000168. The van der Waals surface area contributed by atoms with E-state index in [2.05, 4.69) is 37.0 Å². The summed E-state index contributed by atoms with van der Waals surface area (Å²) in [5.41, 5.74) is 21.6. The zero-order valence-electron chi connectivity index (χ0n) is 39.1. The molecule has 352 valence electrons. The van der Waals surface area contributed by atoms with E-state index < -0.39 is 0 Å². The van der Waals surface area contributed by atoms with Crippen LogP contribution in [0.4, 0.5) is 11.9 Å². The van der Waals surface area contributed by atoms with Crippen molar-refractivity contribution >= 4 is 57.1 Å². The molecule has 0 saturated carbocycles. The molecule has 0 bridgehead atoms. The number of hydrogen-bond acceptors (Lipinski definition) is 12. The van der Waals surface area contributed by atoms with Crippen LogP contribution in [-0.4, -0.2) is 110 Å². The normalized spacial score (nSPS) is 12.6. The van der Waals surface area contributed by atoms with Crippen LogP contribution in [-0.2, 0) is 26.2 Å².